The maximum atomic E-state index is 13.5. The van der Waals surface area contributed by atoms with Crippen molar-refractivity contribution in [3.63, 3.8) is 0 Å². The number of carbonyl (C=O) groups excluding carboxylic acids is 3. The highest BCUT2D eigenvalue weighted by Crippen LogP contribution is 2.38. The summed E-state index contributed by atoms with van der Waals surface area (Å²) in [6, 6.07) is 17.6. The predicted octanol–water partition coefficient (Wildman–Crippen LogP) is 6.03. The molecule has 0 saturated carbocycles. The zero-order valence-electron chi connectivity index (χ0n) is 21.3. The highest BCUT2D eigenvalue weighted by atomic mass is 19.4. The van der Waals surface area contributed by atoms with Gasteiger partial charge in [-0.25, -0.2) is 9.69 Å². The number of urea groups is 1. The fraction of sp³-hybridized carbons (Fsp3) is 0.214. The van der Waals surface area contributed by atoms with Gasteiger partial charge in [0, 0.05) is 24.0 Å². The zero-order valence-corrected chi connectivity index (χ0v) is 21.3. The Hall–Kier alpha value is -4.85. The molecule has 8 nitrogen and oxygen atoms in total. The van der Waals surface area contributed by atoms with Gasteiger partial charge in [-0.15, -0.1) is 0 Å². The second kappa shape index (κ2) is 10.1. The number of para-hydroxylation sites is 1. The van der Waals surface area contributed by atoms with Crippen LogP contribution < -0.4 is 15.5 Å². The third-order valence-electron chi connectivity index (χ3n) is 6.34. The first-order valence-electron chi connectivity index (χ1n) is 11.8. The van der Waals surface area contributed by atoms with Gasteiger partial charge in [-0.2, -0.15) is 18.4 Å². The number of alkyl halides is 3. The predicted molar refractivity (Wildman–Crippen MR) is 139 cm³/mol. The van der Waals surface area contributed by atoms with E-state index in [1.165, 1.54) is 31.7 Å². The standard InChI is InChI=1S/C28H24F3N5O3/c1-17(37)33-20-9-11-21(12-10-20)34-24-7-5-4-6-19(24)16-35-26(39)36(25(38)27(35,2)3)22-13-8-18(15-32)23(14-22)28(29,30)31/h4-14,34H,16H2,1-3H3,(H,33,37). The van der Waals surface area contributed by atoms with Crippen LogP contribution in [-0.4, -0.2) is 28.3 Å². The van der Waals surface area contributed by atoms with Crippen molar-refractivity contribution in [2.45, 2.75) is 39.0 Å². The van der Waals surface area contributed by atoms with Crippen LogP contribution in [0, 0.1) is 11.3 Å². The molecule has 4 amide bonds. The Bertz CT molecular complexity index is 1490. The summed E-state index contributed by atoms with van der Waals surface area (Å²) in [6.07, 6.45) is -4.84. The van der Waals surface area contributed by atoms with Crippen LogP contribution in [0.15, 0.2) is 66.7 Å². The van der Waals surface area contributed by atoms with Crippen molar-refractivity contribution in [1.82, 2.24) is 4.90 Å². The topological polar surface area (TPSA) is 106 Å². The fourth-order valence-corrected chi connectivity index (χ4v) is 4.28. The highest BCUT2D eigenvalue weighted by Gasteiger charge is 2.52. The normalized spacial score (nSPS) is 14.8. The summed E-state index contributed by atoms with van der Waals surface area (Å²) in [5.41, 5.74) is -0.814. The molecule has 3 aromatic carbocycles. The summed E-state index contributed by atoms with van der Waals surface area (Å²) in [7, 11) is 0. The van der Waals surface area contributed by atoms with Crippen molar-refractivity contribution >= 4 is 40.6 Å². The third kappa shape index (κ3) is 5.40. The van der Waals surface area contributed by atoms with Crippen molar-refractivity contribution in [1.29, 1.82) is 5.26 Å². The van der Waals surface area contributed by atoms with Gasteiger partial charge in [-0.05, 0) is 67.9 Å². The first-order chi connectivity index (χ1) is 18.3. The van der Waals surface area contributed by atoms with E-state index in [4.69, 9.17) is 5.26 Å². The highest BCUT2D eigenvalue weighted by molar-refractivity contribution is 6.23. The van der Waals surface area contributed by atoms with Crippen LogP contribution in [-0.2, 0) is 22.3 Å². The first kappa shape index (κ1) is 27.2. The minimum absolute atomic E-state index is 0.0103. The Kier molecular flexibility index (Phi) is 7.07. The number of nitrogens with zero attached hydrogens (tertiary/aromatic N) is 3. The number of carbonyl (C=O) groups is 3. The number of rotatable bonds is 6. The van der Waals surface area contributed by atoms with Crippen LogP contribution in [0.3, 0.4) is 0 Å². The molecule has 200 valence electrons. The lowest BCUT2D eigenvalue weighted by Gasteiger charge is -2.28. The van der Waals surface area contributed by atoms with Crippen LogP contribution >= 0.6 is 0 Å². The lowest BCUT2D eigenvalue weighted by atomic mass is 10.0. The Morgan fingerprint density at radius 1 is 1.00 bits per heavy atom. The van der Waals surface area contributed by atoms with E-state index >= 15 is 0 Å². The molecular formula is C28H24F3N5O3. The second-order valence-electron chi connectivity index (χ2n) is 9.45. The van der Waals surface area contributed by atoms with Crippen LogP contribution in [0.2, 0.25) is 0 Å². The van der Waals surface area contributed by atoms with Crippen LogP contribution in [0.4, 0.5) is 40.7 Å². The van der Waals surface area contributed by atoms with Crippen molar-refractivity contribution in [3.05, 3.63) is 83.4 Å². The molecule has 0 unspecified atom stereocenters. The van der Waals surface area contributed by atoms with Crippen molar-refractivity contribution in [2.24, 2.45) is 0 Å². The lowest BCUT2D eigenvalue weighted by molar-refractivity contribution is -0.137. The minimum Gasteiger partial charge on any atom is -0.355 e. The number of imide groups is 1. The molecule has 0 radical (unpaired) electrons. The van der Waals surface area contributed by atoms with Crippen LogP contribution in [0.25, 0.3) is 0 Å². The summed E-state index contributed by atoms with van der Waals surface area (Å²) >= 11 is 0. The molecule has 1 fully saturated rings. The van der Waals surface area contributed by atoms with Crippen LogP contribution in [0.1, 0.15) is 37.5 Å². The molecule has 1 aliphatic rings. The number of benzene rings is 3. The van der Waals surface area contributed by atoms with Gasteiger partial charge in [-0.3, -0.25) is 9.59 Å². The number of nitriles is 1. The molecule has 0 bridgehead atoms. The molecule has 4 rings (SSSR count). The van der Waals surface area contributed by atoms with Gasteiger partial charge in [0.25, 0.3) is 5.91 Å². The molecule has 0 aliphatic carbocycles. The number of halogens is 3. The first-order valence-corrected chi connectivity index (χ1v) is 11.8. The van der Waals surface area contributed by atoms with Crippen molar-refractivity contribution in [3.8, 4) is 6.07 Å². The maximum absolute atomic E-state index is 13.5. The average molecular weight is 536 g/mol. The minimum atomic E-state index is -4.84. The van der Waals surface area contributed by atoms with Gasteiger partial charge in [0.15, 0.2) is 0 Å². The van der Waals surface area contributed by atoms with Gasteiger partial charge >= 0.3 is 12.2 Å². The molecule has 3 aromatic rings. The molecule has 1 heterocycles. The van der Waals surface area contributed by atoms with Gasteiger partial charge in [0.1, 0.15) is 5.54 Å². The summed E-state index contributed by atoms with van der Waals surface area (Å²) < 4.78 is 40.6. The molecule has 39 heavy (non-hydrogen) atoms. The molecule has 1 saturated heterocycles. The van der Waals surface area contributed by atoms with E-state index in [9.17, 15) is 27.6 Å². The van der Waals surface area contributed by atoms with E-state index in [2.05, 4.69) is 10.6 Å². The van der Waals surface area contributed by atoms with E-state index in [0.717, 1.165) is 12.1 Å². The smallest absolute Gasteiger partial charge is 0.355 e. The number of amides is 4. The second-order valence-corrected chi connectivity index (χ2v) is 9.45. The Morgan fingerprint density at radius 3 is 2.26 bits per heavy atom. The van der Waals surface area contributed by atoms with E-state index in [1.807, 2.05) is 0 Å². The van der Waals surface area contributed by atoms with Gasteiger partial charge in [0.2, 0.25) is 5.91 Å². The molecule has 1 aliphatic heterocycles. The number of nitrogens with one attached hydrogen (secondary N) is 2. The molecule has 11 heteroatoms. The SMILES string of the molecule is CC(=O)Nc1ccc(Nc2ccccc2CN2C(=O)N(c3ccc(C#N)c(C(F)(F)F)c3)C(=O)C2(C)C)cc1. The number of hydrogen-bond donors (Lipinski definition) is 2. The van der Waals surface area contributed by atoms with Crippen LogP contribution in [0.5, 0.6) is 0 Å². The van der Waals surface area contributed by atoms with Gasteiger partial charge in [0.05, 0.1) is 29.4 Å². The third-order valence-corrected chi connectivity index (χ3v) is 6.34. The van der Waals surface area contributed by atoms with Gasteiger partial charge < -0.3 is 15.5 Å². The lowest BCUT2D eigenvalue weighted by Crippen LogP contribution is -2.43. The Balaban J connectivity index is 1.63. The van der Waals surface area contributed by atoms with Crippen molar-refractivity contribution < 1.29 is 27.6 Å². The fourth-order valence-electron chi connectivity index (χ4n) is 4.28. The maximum Gasteiger partial charge on any atom is 0.417 e. The zero-order chi connectivity index (χ0) is 28.5. The molecule has 0 atom stereocenters. The van der Waals surface area contributed by atoms with E-state index in [1.54, 1.807) is 48.5 Å². The summed E-state index contributed by atoms with van der Waals surface area (Å²) in [4.78, 5) is 40.0. The number of anilines is 4. The summed E-state index contributed by atoms with van der Waals surface area (Å²) in [5, 5.41) is 15.0. The van der Waals surface area contributed by atoms with Crippen molar-refractivity contribution in [2.75, 3.05) is 15.5 Å². The van der Waals surface area contributed by atoms with E-state index < -0.39 is 34.8 Å². The van der Waals surface area contributed by atoms with Gasteiger partial charge in [-0.1, -0.05) is 18.2 Å². The quantitative estimate of drug-likeness (QED) is 0.375. The molecule has 2 N–H and O–H groups in total. The molecule has 0 aromatic heterocycles. The summed E-state index contributed by atoms with van der Waals surface area (Å²) in [6.45, 7) is 4.45. The number of hydrogen-bond acceptors (Lipinski definition) is 5. The van der Waals surface area contributed by atoms with E-state index in [-0.39, 0.29) is 18.1 Å². The Labute approximate surface area is 222 Å². The molecule has 0 spiro atoms. The largest absolute Gasteiger partial charge is 0.417 e. The van der Waals surface area contributed by atoms with E-state index in [0.29, 0.717) is 33.6 Å². The molecular weight excluding hydrogens is 511 g/mol. The monoisotopic (exact) mass is 535 g/mol. The Morgan fingerprint density at radius 2 is 1.64 bits per heavy atom. The average Bonchev–Trinajstić information content (AvgIpc) is 3.04. The summed E-state index contributed by atoms with van der Waals surface area (Å²) in [5.74, 6) is -0.887.